The molecule has 3 aromatic carbocycles. The lowest BCUT2D eigenvalue weighted by molar-refractivity contribution is 0.111. The average Bonchev–Trinajstić information content (AvgIpc) is 3.54. The standard InChI is InChI=1S/C24H17F2N7O3/c1-33-23(28-31-32-33)22(15-7-3-2-4-8-15)30-34-14-21-27-29-24(36-21)17-13-16(25)11-12-19(17)35-20-10-6-5-9-18(20)26/h2-13H,14H2,1H3/b30-22-. The molecular formula is C24H17F2N7O3. The van der Waals surface area contributed by atoms with Crippen molar-refractivity contribution >= 4 is 5.71 Å². The Morgan fingerprint density at radius 1 is 0.944 bits per heavy atom. The van der Waals surface area contributed by atoms with Crippen LogP contribution in [0.3, 0.4) is 0 Å². The molecule has 0 aliphatic heterocycles. The zero-order valence-corrected chi connectivity index (χ0v) is 18.7. The number of tetrazole rings is 1. The van der Waals surface area contributed by atoms with E-state index in [9.17, 15) is 8.78 Å². The Labute approximate surface area is 202 Å². The van der Waals surface area contributed by atoms with Gasteiger partial charge in [0, 0.05) is 12.6 Å². The van der Waals surface area contributed by atoms with Gasteiger partial charge in [0.2, 0.25) is 5.82 Å². The highest BCUT2D eigenvalue weighted by atomic mass is 19.1. The van der Waals surface area contributed by atoms with Crippen molar-refractivity contribution < 1.29 is 22.8 Å². The van der Waals surface area contributed by atoms with Crippen molar-refractivity contribution in [3.8, 4) is 23.0 Å². The van der Waals surface area contributed by atoms with Gasteiger partial charge in [-0.15, -0.1) is 15.3 Å². The molecule has 0 amide bonds. The molecule has 0 atom stereocenters. The summed E-state index contributed by atoms with van der Waals surface area (Å²) in [5, 5.41) is 23.5. The molecule has 0 saturated heterocycles. The second kappa shape index (κ2) is 10.1. The second-order valence-corrected chi connectivity index (χ2v) is 7.38. The van der Waals surface area contributed by atoms with Crippen molar-refractivity contribution in [1.82, 2.24) is 30.4 Å². The zero-order chi connectivity index (χ0) is 24.9. The highest BCUT2D eigenvalue weighted by Gasteiger charge is 2.18. The van der Waals surface area contributed by atoms with Crippen LogP contribution in [0, 0.1) is 11.6 Å². The molecule has 5 aromatic rings. The first-order chi connectivity index (χ1) is 17.6. The van der Waals surface area contributed by atoms with Gasteiger partial charge >= 0.3 is 0 Å². The molecule has 0 aliphatic rings. The summed E-state index contributed by atoms with van der Waals surface area (Å²) < 4.78 is 40.8. The minimum Gasteiger partial charge on any atom is -0.453 e. The van der Waals surface area contributed by atoms with E-state index in [0.717, 1.165) is 11.6 Å². The van der Waals surface area contributed by atoms with Gasteiger partial charge in [-0.1, -0.05) is 47.6 Å². The van der Waals surface area contributed by atoms with Gasteiger partial charge in [0.15, 0.2) is 23.9 Å². The predicted octanol–water partition coefficient (Wildman–Crippen LogP) is 4.30. The number of rotatable bonds is 8. The lowest BCUT2D eigenvalue weighted by Crippen LogP contribution is -2.12. The summed E-state index contributed by atoms with van der Waals surface area (Å²) in [4.78, 5) is 5.46. The summed E-state index contributed by atoms with van der Waals surface area (Å²) in [5.41, 5.74) is 1.28. The summed E-state index contributed by atoms with van der Waals surface area (Å²) in [5.74, 6) is -0.607. The van der Waals surface area contributed by atoms with Crippen LogP contribution in [-0.2, 0) is 18.5 Å². The second-order valence-electron chi connectivity index (χ2n) is 7.38. The predicted molar refractivity (Wildman–Crippen MR) is 122 cm³/mol. The number of para-hydroxylation sites is 1. The van der Waals surface area contributed by atoms with Gasteiger partial charge in [0.25, 0.3) is 11.8 Å². The fourth-order valence-electron chi connectivity index (χ4n) is 3.23. The van der Waals surface area contributed by atoms with E-state index in [0.29, 0.717) is 11.5 Å². The smallest absolute Gasteiger partial charge is 0.257 e. The van der Waals surface area contributed by atoms with E-state index in [2.05, 4.69) is 30.9 Å². The van der Waals surface area contributed by atoms with Crippen LogP contribution in [0.2, 0.25) is 0 Å². The zero-order valence-electron chi connectivity index (χ0n) is 18.7. The van der Waals surface area contributed by atoms with Crippen molar-refractivity contribution in [1.29, 1.82) is 0 Å². The van der Waals surface area contributed by atoms with Crippen LogP contribution < -0.4 is 4.74 Å². The minimum absolute atomic E-state index is 0.0329. The third-order valence-electron chi connectivity index (χ3n) is 4.92. The number of halogens is 2. The maximum absolute atomic E-state index is 14.1. The van der Waals surface area contributed by atoms with Crippen molar-refractivity contribution in [3.63, 3.8) is 0 Å². The van der Waals surface area contributed by atoms with E-state index in [1.807, 2.05) is 30.3 Å². The monoisotopic (exact) mass is 489 g/mol. The Kier molecular flexibility index (Phi) is 6.38. The van der Waals surface area contributed by atoms with Crippen LogP contribution in [0.15, 0.2) is 82.4 Å². The number of aromatic nitrogens is 6. The Balaban J connectivity index is 1.37. The normalized spacial score (nSPS) is 11.5. The van der Waals surface area contributed by atoms with Crippen LogP contribution >= 0.6 is 0 Å². The quantitative estimate of drug-likeness (QED) is 0.234. The number of aryl methyl sites for hydroxylation is 1. The Hall–Kier alpha value is -5.00. The van der Waals surface area contributed by atoms with Crippen LogP contribution in [0.25, 0.3) is 11.5 Å². The maximum atomic E-state index is 14.1. The fraction of sp³-hybridized carbons (Fsp3) is 0.0833. The van der Waals surface area contributed by atoms with Crippen LogP contribution in [0.5, 0.6) is 11.5 Å². The molecule has 0 saturated carbocycles. The topological polar surface area (TPSA) is 113 Å². The van der Waals surface area contributed by atoms with Crippen LogP contribution in [0.1, 0.15) is 17.3 Å². The molecule has 180 valence electrons. The highest BCUT2D eigenvalue weighted by molar-refractivity contribution is 6.10. The van der Waals surface area contributed by atoms with Crippen LogP contribution in [0.4, 0.5) is 8.78 Å². The molecule has 0 radical (unpaired) electrons. The third kappa shape index (κ3) is 4.92. The van der Waals surface area contributed by atoms with E-state index in [1.54, 1.807) is 13.1 Å². The molecule has 0 fully saturated rings. The summed E-state index contributed by atoms with van der Waals surface area (Å²) in [6.45, 7) is -0.187. The first-order valence-electron chi connectivity index (χ1n) is 10.6. The highest BCUT2D eigenvalue weighted by Crippen LogP contribution is 2.34. The van der Waals surface area contributed by atoms with Crippen molar-refractivity contribution in [2.24, 2.45) is 12.2 Å². The first kappa shape index (κ1) is 22.8. The summed E-state index contributed by atoms with van der Waals surface area (Å²) in [7, 11) is 1.68. The molecule has 0 spiro atoms. The Morgan fingerprint density at radius 3 is 2.53 bits per heavy atom. The van der Waals surface area contributed by atoms with Gasteiger partial charge in [0.05, 0.1) is 5.56 Å². The van der Waals surface area contributed by atoms with E-state index >= 15 is 0 Å². The molecule has 0 aliphatic carbocycles. The van der Waals surface area contributed by atoms with Gasteiger partial charge < -0.3 is 14.0 Å². The molecular weight excluding hydrogens is 472 g/mol. The molecule has 0 unspecified atom stereocenters. The van der Waals surface area contributed by atoms with Gasteiger partial charge in [0.1, 0.15) is 11.6 Å². The van der Waals surface area contributed by atoms with E-state index in [4.69, 9.17) is 14.0 Å². The lowest BCUT2D eigenvalue weighted by atomic mass is 10.1. The van der Waals surface area contributed by atoms with Crippen molar-refractivity contribution in [3.05, 3.63) is 102 Å². The first-order valence-corrected chi connectivity index (χ1v) is 10.6. The SMILES string of the molecule is Cn1nnnc1/C(=N\OCc1nnc(-c2cc(F)ccc2Oc2ccccc2F)o1)c1ccccc1. The Bertz CT molecular complexity index is 1520. The third-order valence-corrected chi connectivity index (χ3v) is 4.92. The van der Waals surface area contributed by atoms with Gasteiger partial charge in [-0.3, -0.25) is 0 Å². The minimum atomic E-state index is -0.572. The van der Waals surface area contributed by atoms with E-state index in [-0.39, 0.29) is 35.5 Å². The van der Waals surface area contributed by atoms with Gasteiger partial charge in [-0.2, -0.15) is 0 Å². The molecule has 2 heterocycles. The molecule has 0 N–H and O–H groups in total. The molecule has 5 rings (SSSR count). The number of benzene rings is 3. The van der Waals surface area contributed by atoms with Gasteiger partial charge in [-0.05, 0) is 40.8 Å². The molecule has 0 bridgehead atoms. The number of nitrogens with zero attached hydrogens (tertiary/aromatic N) is 7. The van der Waals surface area contributed by atoms with E-state index in [1.165, 1.54) is 35.0 Å². The number of ether oxygens (including phenoxy) is 1. The molecule has 12 heteroatoms. The van der Waals surface area contributed by atoms with E-state index < -0.39 is 11.6 Å². The largest absolute Gasteiger partial charge is 0.453 e. The fourth-order valence-corrected chi connectivity index (χ4v) is 3.23. The average molecular weight is 489 g/mol. The van der Waals surface area contributed by atoms with Gasteiger partial charge in [-0.25, -0.2) is 13.5 Å². The van der Waals surface area contributed by atoms with Crippen molar-refractivity contribution in [2.75, 3.05) is 0 Å². The molecule has 10 nitrogen and oxygen atoms in total. The lowest BCUT2D eigenvalue weighted by Gasteiger charge is -2.09. The maximum Gasteiger partial charge on any atom is 0.257 e. The summed E-state index contributed by atoms with van der Waals surface area (Å²) in [6.07, 6.45) is 0. The number of hydrogen-bond donors (Lipinski definition) is 0. The number of oxime groups is 1. The van der Waals surface area contributed by atoms with Crippen molar-refractivity contribution in [2.45, 2.75) is 6.61 Å². The number of hydrogen-bond acceptors (Lipinski definition) is 9. The Morgan fingerprint density at radius 2 is 1.75 bits per heavy atom. The summed E-state index contributed by atoms with van der Waals surface area (Å²) in [6, 6.07) is 18.8. The molecule has 2 aromatic heterocycles. The van der Waals surface area contributed by atoms with Crippen LogP contribution in [-0.4, -0.2) is 36.1 Å². The molecule has 36 heavy (non-hydrogen) atoms. The summed E-state index contributed by atoms with van der Waals surface area (Å²) >= 11 is 0.